The second-order valence-corrected chi connectivity index (χ2v) is 11.2. The molecule has 4 atom stereocenters. The highest BCUT2D eigenvalue weighted by atomic mass is 16.3. The van der Waals surface area contributed by atoms with E-state index in [2.05, 4.69) is 0 Å². The van der Waals surface area contributed by atoms with Crippen molar-refractivity contribution in [1.29, 1.82) is 0 Å². The SMILES string of the molecule is CN(C)c1cc(-c2ccc(O)cc2)c(O)c2c1C[C@@H]1C[C@@H]3C(N(C)C)C(O)=C(C(N)=O)C[C@]3(O)C(=O)C1=C2O. The molecule has 1 amide bonds. The van der Waals surface area contributed by atoms with Crippen molar-refractivity contribution in [1.82, 2.24) is 4.90 Å². The fourth-order valence-electron chi connectivity index (χ4n) is 6.64. The molecule has 2 aromatic carbocycles. The lowest BCUT2D eigenvalue weighted by molar-refractivity contribution is -0.151. The van der Waals surface area contributed by atoms with Gasteiger partial charge in [-0.25, -0.2) is 0 Å². The molecule has 0 aliphatic heterocycles. The van der Waals surface area contributed by atoms with Gasteiger partial charge in [-0.3, -0.25) is 14.5 Å². The third-order valence-corrected chi connectivity index (χ3v) is 8.45. The highest BCUT2D eigenvalue weighted by Gasteiger charge is 2.60. The van der Waals surface area contributed by atoms with Crippen LogP contribution >= 0.6 is 0 Å². The monoisotopic (exact) mass is 535 g/mol. The van der Waals surface area contributed by atoms with Gasteiger partial charge in [-0.05, 0) is 62.2 Å². The van der Waals surface area contributed by atoms with Crippen molar-refractivity contribution < 1.29 is 35.1 Å². The van der Waals surface area contributed by atoms with Crippen LogP contribution in [0.25, 0.3) is 16.9 Å². The minimum Gasteiger partial charge on any atom is -0.510 e. The summed E-state index contributed by atoms with van der Waals surface area (Å²) in [5.41, 5.74) is 5.68. The summed E-state index contributed by atoms with van der Waals surface area (Å²) in [6.07, 6.45) is 0.0749. The number of ketones is 1. The predicted molar refractivity (Wildman–Crippen MR) is 145 cm³/mol. The molecule has 2 aromatic rings. The van der Waals surface area contributed by atoms with E-state index in [4.69, 9.17) is 5.73 Å². The molecule has 0 heterocycles. The van der Waals surface area contributed by atoms with Crippen LogP contribution in [0.3, 0.4) is 0 Å². The quantitative estimate of drug-likeness (QED) is 0.344. The smallest absolute Gasteiger partial charge is 0.248 e. The summed E-state index contributed by atoms with van der Waals surface area (Å²) in [4.78, 5) is 29.7. The van der Waals surface area contributed by atoms with Gasteiger partial charge in [0.05, 0.1) is 17.2 Å². The van der Waals surface area contributed by atoms with Gasteiger partial charge in [0, 0.05) is 43.3 Å². The predicted octanol–water partition coefficient (Wildman–Crippen LogP) is 2.22. The van der Waals surface area contributed by atoms with Crippen molar-refractivity contribution in [3.63, 3.8) is 0 Å². The van der Waals surface area contributed by atoms with E-state index in [0.29, 0.717) is 23.1 Å². The number of phenols is 2. The zero-order valence-corrected chi connectivity index (χ0v) is 22.3. The molecule has 39 heavy (non-hydrogen) atoms. The lowest BCUT2D eigenvalue weighted by Crippen LogP contribution is -2.62. The van der Waals surface area contributed by atoms with Gasteiger partial charge in [0.2, 0.25) is 5.91 Å². The van der Waals surface area contributed by atoms with Crippen LogP contribution in [0.5, 0.6) is 11.5 Å². The summed E-state index contributed by atoms with van der Waals surface area (Å²) in [5.74, 6) is -3.78. The molecular formula is C29H33N3O7. The summed E-state index contributed by atoms with van der Waals surface area (Å²) in [5, 5.41) is 55.5. The Bertz CT molecular complexity index is 1460. The molecule has 1 saturated carbocycles. The van der Waals surface area contributed by atoms with E-state index >= 15 is 0 Å². The molecule has 7 N–H and O–H groups in total. The summed E-state index contributed by atoms with van der Waals surface area (Å²) >= 11 is 0. The van der Waals surface area contributed by atoms with E-state index < -0.39 is 47.3 Å². The Hall–Kier alpha value is -4.02. The number of hydrogen-bond acceptors (Lipinski definition) is 9. The topological polar surface area (TPSA) is 168 Å². The summed E-state index contributed by atoms with van der Waals surface area (Å²) < 4.78 is 0. The zero-order valence-electron chi connectivity index (χ0n) is 22.3. The van der Waals surface area contributed by atoms with E-state index in [0.717, 1.165) is 5.69 Å². The Morgan fingerprint density at radius 2 is 1.69 bits per heavy atom. The number of primary amides is 1. The maximum Gasteiger partial charge on any atom is 0.248 e. The molecule has 0 bridgehead atoms. The van der Waals surface area contributed by atoms with Gasteiger partial charge >= 0.3 is 0 Å². The number of nitrogens with two attached hydrogens (primary N) is 1. The van der Waals surface area contributed by atoms with E-state index in [1.165, 1.54) is 12.1 Å². The Kier molecular flexibility index (Phi) is 6.15. The van der Waals surface area contributed by atoms with Gasteiger partial charge in [0.15, 0.2) is 5.78 Å². The molecule has 3 aliphatic carbocycles. The number of rotatable bonds is 4. The average molecular weight is 536 g/mol. The number of carbonyl (C=O) groups is 2. The highest BCUT2D eigenvalue weighted by Crippen LogP contribution is 2.55. The number of phenolic OH excluding ortho intramolecular Hbond substituents is 2. The number of fused-ring (bicyclic) bond motifs is 3. The van der Waals surface area contributed by atoms with E-state index in [1.807, 2.05) is 19.0 Å². The standard InChI is InChI=1S/C29H33N3O7/c1-31(2)20-11-16(13-5-7-15(33)8-6-13)24(34)22-17(20)9-14-10-19-23(32(3)4)25(35)18(28(30)38)12-29(19,39)27(37)21(14)26(22)36/h5-8,11,14,19,23,33-36,39H,9-10,12H2,1-4H3,(H2,30,38)/t14-,19-,23?,29-/m1/s1. The maximum absolute atomic E-state index is 14.0. The number of likely N-dealkylation sites (N-methyl/N-ethyl adjacent to an activating group) is 1. The second-order valence-electron chi connectivity index (χ2n) is 11.2. The van der Waals surface area contributed by atoms with Gasteiger partial charge in [-0.15, -0.1) is 0 Å². The fraction of sp³-hybridized carbons (Fsp3) is 0.379. The Morgan fingerprint density at radius 3 is 2.26 bits per heavy atom. The van der Waals surface area contributed by atoms with E-state index in [9.17, 15) is 35.1 Å². The lowest BCUT2D eigenvalue weighted by Gasteiger charge is -2.51. The van der Waals surface area contributed by atoms with Crippen molar-refractivity contribution in [3.8, 4) is 22.6 Å². The molecule has 10 heteroatoms. The number of aliphatic hydroxyl groups excluding tert-OH is 2. The zero-order chi connectivity index (χ0) is 28.5. The molecule has 0 saturated heterocycles. The Balaban J connectivity index is 1.72. The van der Waals surface area contributed by atoms with Crippen LogP contribution < -0.4 is 10.6 Å². The number of aromatic hydroxyl groups is 2. The largest absolute Gasteiger partial charge is 0.510 e. The Morgan fingerprint density at radius 1 is 1.05 bits per heavy atom. The third kappa shape index (κ3) is 3.85. The van der Waals surface area contributed by atoms with Crippen LogP contribution in [-0.2, 0) is 16.0 Å². The number of Topliss-reactive ketones (excluding diaryl/α,β-unsaturated/α-hetero) is 1. The van der Waals surface area contributed by atoms with Crippen LogP contribution in [-0.4, -0.2) is 82.0 Å². The van der Waals surface area contributed by atoms with Gasteiger partial charge in [0.25, 0.3) is 0 Å². The Labute approximate surface area is 225 Å². The van der Waals surface area contributed by atoms with Crippen molar-refractivity contribution in [2.24, 2.45) is 17.6 Å². The molecule has 5 rings (SSSR count). The number of anilines is 1. The average Bonchev–Trinajstić information content (AvgIpc) is 2.85. The van der Waals surface area contributed by atoms with E-state index in [-0.39, 0.29) is 40.4 Å². The van der Waals surface area contributed by atoms with Crippen LogP contribution in [0.2, 0.25) is 0 Å². The summed E-state index contributed by atoms with van der Waals surface area (Å²) in [6, 6.07) is 7.22. The highest BCUT2D eigenvalue weighted by molar-refractivity contribution is 6.11. The molecule has 206 valence electrons. The van der Waals surface area contributed by atoms with Crippen LogP contribution in [0.1, 0.15) is 24.0 Å². The number of nitrogens with zero attached hydrogens (tertiary/aromatic N) is 2. The first-order valence-corrected chi connectivity index (χ1v) is 12.7. The van der Waals surface area contributed by atoms with Crippen molar-refractivity contribution >= 4 is 23.1 Å². The first kappa shape index (κ1) is 26.6. The molecule has 0 spiro atoms. The first-order chi connectivity index (χ1) is 18.3. The number of hydrogen-bond donors (Lipinski definition) is 6. The minimum atomic E-state index is -2.09. The number of carbonyl (C=O) groups excluding carboxylic acids is 2. The molecule has 0 aromatic heterocycles. The van der Waals surface area contributed by atoms with E-state index in [1.54, 1.807) is 37.2 Å². The molecule has 10 nitrogen and oxygen atoms in total. The van der Waals surface area contributed by atoms with Crippen LogP contribution in [0, 0.1) is 11.8 Å². The number of aliphatic hydroxyl groups is 3. The number of amides is 1. The van der Waals surface area contributed by atoms with Gasteiger partial charge < -0.3 is 36.2 Å². The molecule has 1 fully saturated rings. The fourth-order valence-corrected chi connectivity index (χ4v) is 6.64. The summed E-state index contributed by atoms with van der Waals surface area (Å²) in [6.45, 7) is 0. The van der Waals surface area contributed by atoms with Crippen molar-refractivity contribution in [2.45, 2.75) is 30.9 Å². The minimum absolute atomic E-state index is 0.00757. The molecule has 1 unspecified atom stereocenters. The summed E-state index contributed by atoms with van der Waals surface area (Å²) in [7, 11) is 7.04. The molecule has 3 aliphatic rings. The van der Waals surface area contributed by atoms with Gasteiger partial charge in [0.1, 0.15) is 28.6 Å². The molecular weight excluding hydrogens is 502 g/mol. The van der Waals surface area contributed by atoms with Crippen LogP contribution in [0.15, 0.2) is 47.2 Å². The number of benzene rings is 2. The third-order valence-electron chi connectivity index (χ3n) is 8.45. The van der Waals surface area contributed by atoms with Crippen molar-refractivity contribution in [3.05, 3.63) is 58.4 Å². The first-order valence-electron chi connectivity index (χ1n) is 12.7. The lowest BCUT2D eigenvalue weighted by atomic mass is 9.57. The second kappa shape index (κ2) is 9.03. The van der Waals surface area contributed by atoms with Crippen LogP contribution in [0.4, 0.5) is 5.69 Å². The normalized spacial score (nSPS) is 26.3. The van der Waals surface area contributed by atoms with Gasteiger partial charge in [-0.1, -0.05) is 12.1 Å². The van der Waals surface area contributed by atoms with Crippen molar-refractivity contribution in [2.75, 3.05) is 33.1 Å². The van der Waals surface area contributed by atoms with Gasteiger partial charge in [-0.2, -0.15) is 0 Å². The molecule has 0 radical (unpaired) electrons. The maximum atomic E-state index is 14.0.